The zero-order valence-electron chi connectivity index (χ0n) is 11.0. The second-order valence-corrected chi connectivity index (χ2v) is 5.25. The Morgan fingerprint density at radius 3 is 2.55 bits per heavy atom. The Morgan fingerprint density at radius 1 is 1.10 bits per heavy atom. The van der Waals surface area contributed by atoms with E-state index in [1.807, 2.05) is 6.92 Å². The first-order valence-electron chi connectivity index (χ1n) is 6.33. The van der Waals surface area contributed by atoms with Crippen molar-refractivity contribution in [2.75, 3.05) is 0 Å². The van der Waals surface area contributed by atoms with Crippen molar-refractivity contribution in [1.29, 1.82) is 0 Å². The molecule has 0 spiro atoms. The van der Waals surface area contributed by atoms with Crippen LogP contribution in [-0.2, 0) is 12.8 Å². The Balaban J connectivity index is 2.11. The van der Waals surface area contributed by atoms with Crippen molar-refractivity contribution in [2.45, 2.75) is 25.9 Å². The van der Waals surface area contributed by atoms with Gasteiger partial charge in [0.1, 0.15) is 11.6 Å². The summed E-state index contributed by atoms with van der Waals surface area (Å²) in [6, 6.07) is 9.12. The molecular weight excluding hydrogens is 282 g/mol. The minimum absolute atomic E-state index is 0.0386. The molecule has 0 amide bonds. The number of benzene rings is 2. The molecule has 0 fully saturated rings. The van der Waals surface area contributed by atoms with Crippen molar-refractivity contribution >= 4 is 11.6 Å². The van der Waals surface area contributed by atoms with Crippen LogP contribution in [-0.4, -0.2) is 11.2 Å². The van der Waals surface area contributed by atoms with Crippen molar-refractivity contribution in [3.8, 4) is 0 Å². The Bertz CT molecular complexity index is 609. The van der Waals surface area contributed by atoms with E-state index in [-0.39, 0.29) is 23.7 Å². The molecular formula is C16H15ClF2O. The van der Waals surface area contributed by atoms with Crippen LogP contribution in [0, 0.1) is 18.6 Å². The van der Waals surface area contributed by atoms with Gasteiger partial charge < -0.3 is 5.11 Å². The fourth-order valence-electron chi connectivity index (χ4n) is 2.15. The van der Waals surface area contributed by atoms with E-state index in [9.17, 15) is 13.9 Å². The maximum Gasteiger partial charge on any atom is 0.145 e. The highest BCUT2D eigenvalue weighted by atomic mass is 35.5. The second kappa shape index (κ2) is 6.33. The maximum atomic E-state index is 13.7. The largest absolute Gasteiger partial charge is 0.392 e. The molecule has 2 rings (SSSR count). The molecule has 0 aliphatic heterocycles. The van der Waals surface area contributed by atoms with Gasteiger partial charge in [-0.2, -0.15) is 0 Å². The van der Waals surface area contributed by atoms with Crippen LogP contribution in [0.5, 0.6) is 0 Å². The van der Waals surface area contributed by atoms with Crippen molar-refractivity contribution in [2.24, 2.45) is 0 Å². The van der Waals surface area contributed by atoms with E-state index < -0.39 is 11.9 Å². The van der Waals surface area contributed by atoms with Gasteiger partial charge in [-0.05, 0) is 48.2 Å². The Morgan fingerprint density at radius 2 is 1.80 bits per heavy atom. The van der Waals surface area contributed by atoms with Gasteiger partial charge in [0, 0.05) is 6.42 Å². The summed E-state index contributed by atoms with van der Waals surface area (Å²) in [5.41, 5.74) is 1.98. The van der Waals surface area contributed by atoms with Gasteiger partial charge in [0.25, 0.3) is 0 Å². The quantitative estimate of drug-likeness (QED) is 0.901. The van der Waals surface area contributed by atoms with Crippen molar-refractivity contribution < 1.29 is 13.9 Å². The third-order valence-corrected chi connectivity index (χ3v) is 3.55. The molecule has 1 unspecified atom stereocenters. The van der Waals surface area contributed by atoms with Gasteiger partial charge in [0.2, 0.25) is 0 Å². The Kier molecular flexibility index (Phi) is 4.73. The summed E-state index contributed by atoms with van der Waals surface area (Å²) in [7, 11) is 0. The number of halogens is 3. The van der Waals surface area contributed by atoms with Crippen LogP contribution in [0.2, 0.25) is 5.02 Å². The zero-order valence-corrected chi connectivity index (χ0v) is 11.8. The highest BCUT2D eigenvalue weighted by Gasteiger charge is 2.13. The van der Waals surface area contributed by atoms with Gasteiger partial charge >= 0.3 is 0 Å². The molecule has 1 nitrogen and oxygen atoms in total. The molecule has 106 valence electrons. The Labute approximate surface area is 121 Å². The molecule has 0 bridgehead atoms. The van der Waals surface area contributed by atoms with Crippen molar-refractivity contribution in [3.05, 3.63) is 69.7 Å². The smallest absolute Gasteiger partial charge is 0.145 e. The summed E-state index contributed by atoms with van der Waals surface area (Å²) in [5.74, 6) is -0.851. The van der Waals surface area contributed by atoms with Crippen LogP contribution < -0.4 is 0 Å². The lowest BCUT2D eigenvalue weighted by Gasteiger charge is -2.13. The van der Waals surface area contributed by atoms with Crippen molar-refractivity contribution in [3.63, 3.8) is 0 Å². The van der Waals surface area contributed by atoms with Gasteiger partial charge in [-0.15, -0.1) is 0 Å². The van der Waals surface area contributed by atoms with Gasteiger partial charge in [-0.25, -0.2) is 8.78 Å². The predicted octanol–water partition coefficient (Wildman–Crippen LogP) is 4.07. The average Bonchev–Trinajstić information content (AvgIpc) is 2.39. The van der Waals surface area contributed by atoms with E-state index in [1.54, 1.807) is 18.2 Å². The predicted molar refractivity (Wildman–Crippen MR) is 76.0 cm³/mol. The lowest BCUT2D eigenvalue weighted by atomic mass is 9.98. The topological polar surface area (TPSA) is 20.2 Å². The molecule has 20 heavy (non-hydrogen) atoms. The van der Waals surface area contributed by atoms with Crippen LogP contribution in [0.3, 0.4) is 0 Å². The number of hydrogen-bond acceptors (Lipinski definition) is 1. The molecule has 0 saturated carbocycles. The van der Waals surface area contributed by atoms with E-state index >= 15 is 0 Å². The number of hydrogen-bond donors (Lipinski definition) is 1. The molecule has 4 heteroatoms. The van der Waals surface area contributed by atoms with Gasteiger partial charge in [0.05, 0.1) is 11.1 Å². The van der Waals surface area contributed by atoms with Crippen LogP contribution in [0.15, 0.2) is 36.4 Å². The fourth-order valence-corrected chi connectivity index (χ4v) is 2.34. The standard InChI is InChI=1S/C16H15ClF2O/c1-10-5-6-13(18)7-12(10)9-14(20)8-11-3-2-4-15(17)16(11)19/h2-7,14,20H,8-9H2,1H3. The van der Waals surface area contributed by atoms with E-state index in [4.69, 9.17) is 11.6 Å². The summed E-state index contributed by atoms with van der Waals surface area (Å²) in [6.45, 7) is 1.85. The van der Waals surface area contributed by atoms with E-state index in [0.717, 1.165) is 11.1 Å². The first-order valence-corrected chi connectivity index (χ1v) is 6.71. The summed E-state index contributed by atoms with van der Waals surface area (Å²) in [6.07, 6.45) is -0.374. The molecule has 0 radical (unpaired) electrons. The lowest BCUT2D eigenvalue weighted by Crippen LogP contribution is -2.15. The zero-order chi connectivity index (χ0) is 14.7. The summed E-state index contributed by atoms with van der Waals surface area (Å²) >= 11 is 5.70. The minimum atomic E-state index is -0.788. The number of aliphatic hydroxyl groups is 1. The molecule has 0 aliphatic carbocycles. The highest BCUT2D eigenvalue weighted by molar-refractivity contribution is 6.30. The summed E-state index contributed by atoms with van der Waals surface area (Å²) < 4.78 is 26.9. The second-order valence-electron chi connectivity index (χ2n) is 4.85. The van der Waals surface area contributed by atoms with Crippen LogP contribution in [0.4, 0.5) is 8.78 Å². The van der Waals surface area contributed by atoms with E-state index in [0.29, 0.717) is 5.56 Å². The molecule has 1 N–H and O–H groups in total. The number of aryl methyl sites for hydroxylation is 1. The van der Waals surface area contributed by atoms with Crippen LogP contribution in [0.1, 0.15) is 16.7 Å². The monoisotopic (exact) mass is 296 g/mol. The van der Waals surface area contributed by atoms with Gasteiger partial charge in [-0.3, -0.25) is 0 Å². The lowest BCUT2D eigenvalue weighted by molar-refractivity contribution is 0.174. The van der Waals surface area contributed by atoms with Crippen LogP contribution in [0.25, 0.3) is 0 Å². The summed E-state index contributed by atoms with van der Waals surface area (Å²) in [5, 5.41) is 10.1. The van der Waals surface area contributed by atoms with Crippen LogP contribution >= 0.6 is 11.6 Å². The van der Waals surface area contributed by atoms with E-state index in [1.165, 1.54) is 18.2 Å². The third-order valence-electron chi connectivity index (χ3n) is 3.25. The summed E-state index contributed by atoms with van der Waals surface area (Å²) in [4.78, 5) is 0. The molecule has 2 aromatic carbocycles. The third kappa shape index (κ3) is 3.56. The molecule has 0 heterocycles. The normalized spacial score (nSPS) is 12.4. The van der Waals surface area contributed by atoms with Gasteiger partial charge in [-0.1, -0.05) is 29.8 Å². The molecule has 0 aromatic heterocycles. The number of aliphatic hydroxyl groups excluding tert-OH is 1. The molecule has 0 saturated heterocycles. The SMILES string of the molecule is Cc1ccc(F)cc1CC(O)Cc1cccc(Cl)c1F. The first-order chi connectivity index (χ1) is 9.47. The maximum absolute atomic E-state index is 13.7. The van der Waals surface area contributed by atoms with E-state index in [2.05, 4.69) is 0 Å². The molecule has 2 aromatic rings. The van der Waals surface area contributed by atoms with Crippen molar-refractivity contribution in [1.82, 2.24) is 0 Å². The number of rotatable bonds is 4. The first kappa shape index (κ1) is 14.9. The Hall–Kier alpha value is -1.45. The highest BCUT2D eigenvalue weighted by Crippen LogP contribution is 2.20. The van der Waals surface area contributed by atoms with Gasteiger partial charge in [0.15, 0.2) is 0 Å². The molecule has 1 atom stereocenters. The average molecular weight is 297 g/mol. The minimum Gasteiger partial charge on any atom is -0.392 e. The fraction of sp³-hybridized carbons (Fsp3) is 0.250. The molecule has 0 aliphatic rings.